The standard InChI is InChI=1S/C16H15BrN2O2/c1-20-15-4-3-12(6-13(15)9-19)10-21-16-5-2-11(8-18)7-14(16)17/h2-7H,8,10,18H2,1H3. The highest BCUT2D eigenvalue weighted by Crippen LogP contribution is 2.27. The molecular weight excluding hydrogens is 332 g/mol. The Morgan fingerprint density at radius 2 is 1.86 bits per heavy atom. The van der Waals surface area contributed by atoms with Crippen molar-refractivity contribution < 1.29 is 9.47 Å². The molecule has 0 aliphatic heterocycles. The minimum atomic E-state index is 0.374. The van der Waals surface area contributed by atoms with Gasteiger partial charge in [-0.05, 0) is 51.3 Å². The van der Waals surface area contributed by atoms with E-state index in [2.05, 4.69) is 22.0 Å². The summed E-state index contributed by atoms with van der Waals surface area (Å²) in [6.45, 7) is 0.863. The summed E-state index contributed by atoms with van der Waals surface area (Å²) in [5.74, 6) is 1.30. The van der Waals surface area contributed by atoms with Gasteiger partial charge in [0, 0.05) is 6.54 Å². The van der Waals surface area contributed by atoms with Crippen LogP contribution in [0.1, 0.15) is 16.7 Å². The molecule has 0 amide bonds. The molecule has 0 heterocycles. The molecule has 2 N–H and O–H groups in total. The maximum Gasteiger partial charge on any atom is 0.136 e. The predicted octanol–water partition coefficient (Wildman–Crippen LogP) is 3.37. The molecule has 0 aliphatic rings. The van der Waals surface area contributed by atoms with E-state index in [9.17, 15) is 0 Å². The van der Waals surface area contributed by atoms with Gasteiger partial charge in [-0.2, -0.15) is 5.26 Å². The van der Waals surface area contributed by atoms with Crippen LogP contribution in [0.15, 0.2) is 40.9 Å². The molecule has 0 saturated carbocycles. The molecule has 0 aliphatic carbocycles. The first-order valence-electron chi connectivity index (χ1n) is 6.36. The molecule has 4 nitrogen and oxygen atoms in total. The fourth-order valence-corrected chi connectivity index (χ4v) is 2.42. The lowest BCUT2D eigenvalue weighted by Gasteiger charge is -2.10. The van der Waals surface area contributed by atoms with E-state index < -0.39 is 0 Å². The zero-order chi connectivity index (χ0) is 15.2. The van der Waals surface area contributed by atoms with Crippen LogP contribution >= 0.6 is 15.9 Å². The number of hydrogen-bond acceptors (Lipinski definition) is 4. The van der Waals surface area contributed by atoms with Gasteiger partial charge in [-0.1, -0.05) is 12.1 Å². The van der Waals surface area contributed by atoms with E-state index in [0.29, 0.717) is 24.5 Å². The highest BCUT2D eigenvalue weighted by Gasteiger charge is 2.06. The maximum atomic E-state index is 9.07. The van der Waals surface area contributed by atoms with Crippen molar-refractivity contribution >= 4 is 15.9 Å². The molecule has 0 fully saturated rings. The first kappa shape index (κ1) is 15.4. The summed E-state index contributed by atoms with van der Waals surface area (Å²) in [4.78, 5) is 0. The number of ether oxygens (including phenoxy) is 2. The lowest BCUT2D eigenvalue weighted by Crippen LogP contribution is -2.00. The molecule has 0 bridgehead atoms. The molecule has 0 radical (unpaired) electrons. The van der Waals surface area contributed by atoms with Gasteiger partial charge in [0.25, 0.3) is 0 Å². The highest BCUT2D eigenvalue weighted by molar-refractivity contribution is 9.10. The number of benzene rings is 2. The first-order valence-corrected chi connectivity index (χ1v) is 7.15. The van der Waals surface area contributed by atoms with E-state index in [4.69, 9.17) is 20.5 Å². The molecule has 2 aromatic carbocycles. The van der Waals surface area contributed by atoms with Gasteiger partial charge in [0.15, 0.2) is 0 Å². The van der Waals surface area contributed by atoms with Crippen LogP contribution in [0.4, 0.5) is 0 Å². The van der Waals surface area contributed by atoms with Crippen LogP contribution in [-0.2, 0) is 13.2 Å². The molecule has 0 unspecified atom stereocenters. The summed E-state index contributed by atoms with van der Waals surface area (Å²) >= 11 is 3.46. The normalized spacial score (nSPS) is 10.0. The Morgan fingerprint density at radius 3 is 2.48 bits per heavy atom. The zero-order valence-corrected chi connectivity index (χ0v) is 13.2. The van der Waals surface area contributed by atoms with Gasteiger partial charge in [0.05, 0.1) is 17.1 Å². The number of nitrogens with zero attached hydrogens (tertiary/aromatic N) is 1. The molecule has 0 spiro atoms. The van der Waals surface area contributed by atoms with Crippen molar-refractivity contribution in [2.45, 2.75) is 13.2 Å². The summed E-state index contributed by atoms with van der Waals surface area (Å²) in [6, 6.07) is 13.3. The van der Waals surface area contributed by atoms with Crippen LogP contribution in [0, 0.1) is 11.3 Å². The van der Waals surface area contributed by atoms with Crippen LogP contribution in [0.2, 0.25) is 0 Å². The van der Waals surface area contributed by atoms with Gasteiger partial charge in [0.1, 0.15) is 24.2 Å². The predicted molar refractivity (Wildman–Crippen MR) is 84.1 cm³/mol. The van der Waals surface area contributed by atoms with Crippen molar-refractivity contribution in [1.82, 2.24) is 0 Å². The summed E-state index contributed by atoms with van der Waals surface area (Å²) in [5, 5.41) is 9.07. The van der Waals surface area contributed by atoms with E-state index in [0.717, 1.165) is 21.3 Å². The number of methoxy groups -OCH3 is 1. The Kier molecular flexibility index (Phi) is 5.20. The van der Waals surface area contributed by atoms with Gasteiger partial charge < -0.3 is 15.2 Å². The van der Waals surface area contributed by atoms with Crippen molar-refractivity contribution in [1.29, 1.82) is 5.26 Å². The second-order valence-corrected chi connectivity index (χ2v) is 5.26. The molecule has 2 aromatic rings. The molecule has 0 saturated heterocycles. The minimum Gasteiger partial charge on any atom is -0.495 e. The number of rotatable bonds is 5. The third-order valence-corrected chi connectivity index (χ3v) is 3.63. The Morgan fingerprint density at radius 1 is 1.14 bits per heavy atom. The van der Waals surface area contributed by atoms with E-state index in [1.807, 2.05) is 24.3 Å². The first-order chi connectivity index (χ1) is 10.2. The van der Waals surface area contributed by atoms with Crippen LogP contribution < -0.4 is 15.2 Å². The molecule has 108 valence electrons. The van der Waals surface area contributed by atoms with Crippen molar-refractivity contribution in [2.75, 3.05) is 7.11 Å². The van der Waals surface area contributed by atoms with Gasteiger partial charge >= 0.3 is 0 Å². The van der Waals surface area contributed by atoms with Crippen molar-refractivity contribution in [2.24, 2.45) is 5.73 Å². The van der Waals surface area contributed by atoms with Gasteiger partial charge in [-0.25, -0.2) is 0 Å². The van der Waals surface area contributed by atoms with E-state index in [1.165, 1.54) is 0 Å². The fraction of sp³-hybridized carbons (Fsp3) is 0.188. The van der Waals surface area contributed by atoms with Crippen LogP contribution in [0.5, 0.6) is 11.5 Å². The van der Waals surface area contributed by atoms with Gasteiger partial charge in [-0.15, -0.1) is 0 Å². The molecule has 0 aromatic heterocycles. The summed E-state index contributed by atoms with van der Waals surface area (Å²) in [7, 11) is 1.54. The van der Waals surface area contributed by atoms with E-state index in [1.54, 1.807) is 19.2 Å². The minimum absolute atomic E-state index is 0.374. The molecule has 21 heavy (non-hydrogen) atoms. The zero-order valence-electron chi connectivity index (χ0n) is 11.6. The Labute approximate surface area is 132 Å². The number of nitrogens with two attached hydrogens (primary N) is 1. The molecular formula is C16H15BrN2O2. The SMILES string of the molecule is COc1ccc(COc2ccc(CN)cc2Br)cc1C#N. The Bertz CT molecular complexity index is 680. The number of nitriles is 1. The largest absolute Gasteiger partial charge is 0.495 e. The van der Waals surface area contributed by atoms with Crippen molar-refractivity contribution in [3.05, 3.63) is 57.6 Å². The lowest BCUT2D eigenvalue weighted by molar-refractivity contribution is 0.304. The number of halogens is 1. The monoisotopic (exact) mass is 346 g/mol. The van der Waals surface area contributed by atoms with Crippen LogP contribution in [0.3, 0.4) is 0 Å². The summed E-state index contributed by atoms with van der Waals surface area (Å²) < 4.78 is 11.7. The van der Waals surface area contributed by atoms with Gasteiger partial charge in [-0.3, -0.25) is 0 Å². The molecule has 0 atom stereocenters. The molecule has 5 heteroatoms. The second kappa shape index (κ2) is 7.11. The maximum absolute atomic E-state index is 9.07. The smallest absolute Gasteiger partial charge is 0.136 e. The van der Waals surface area contributed by atoms with Crippen molar-refractivity contribution in [3.63, 3.8) is 0 Å². The van der Waals surface area contributed by atoms with Crippen LogP contribution in [0.25, 0.3) is 0 Å². The van der Waals surface area contributed by atoms with Gasteiger partial charge in [0.2, 0.25) is 0 Å². The van der Waals surface area contributed by atoms with Crippen molar-refractivity contribution in [3.8, 4) is 17.6 Å². The highest BCUT2D eigenvalue weighted by atomic mass is 79.9. The average Bonchev–Trinajstić information content (AvgIpc) is 2.53. The Hall–Kier alpha value is -2.03. The molecule has 2 rings (SSSR count). The van der Waals surface area contributed by atoms with E-state index in [-0.39, 0.29) is 0 Å². The topological polar surface area (TPSA) is 68.3 Å². The van der Waals surface area contributed by atoms with E-state index >= 15 is 0 Å². The Balaban J connectivity index is 2.11. The number of hydrogen-bond donors (Lipinski definition) is 1. The second-order valence-electron chi connectivity index (χ2n) is 4.40. The average molecular weight is 347 g/mol. The third-order valence-electron chi connectivity index (χ3n) is 3.01. The lowest BCUT2D eigenvalue weighted by atomic mass is 10.1. The fourth-order valence-electron chi connectivity index (χ4n) is 1.88. The summed E-state index contributed by atoms with van der Waals surface area (Å²) in [5.41, 5.74) is 8.02. The summed E-state index contributed by atoms with van der Waals surface area (Å²) in [6.07, 6.45) is 0. The quantitative estimate of drug-likeness (QED) is 0.901. The third kappa shape index (κ3) is 3.75. The van der Waals surface area contributed by atoms with Crippen LogP contribution in [-0.4, -0.2) is 7.11 Å².